The Kier molecular flexibility index (Phi) is 2.89. The van der Waals surface area contributed by atoms with Gasteiger partial charge in [-0.25, -0.2) is 0 Å². The van der Waals surface area contributed by atoms with E-state index >= 15 is 0 Å². The number of rotatable bonds is 2. The molecular weight excluding hydrogens is 150 g/mol. The fourth-order valence-corrected chi connectivity index (χ4v) is 2.00. The van der Waals surface area contributed by atoms with Crippen LogP contribution >= 0.6 is 0 Å². The van der Waals surface area contributed by atoms with Crippen molar-refractivity contribution in [3.63, 3.8) is 0 Å². The van der Waals surface area contributed by atoms with Gasteiger partial charge in [0.1, 0.15) is 0 Å². The highest BCUT2D eigenvalue weighted by Gasteiger charge is 2.35. The van der Waals surface area contributed by atoms with Crippen LogP contribution in [0.15, 0.2) is 0 Å². The first-order valence-electron chi connectivity index (χ1n) is 4.89. The molecule has 0 unspecified atom stereocenters. The van der Waals surface area contributed by atoms with E-state index in [0.717, 1.165) is 25.7 Å². The first-order valence-corrected chi connectivity index (χ1v) is 4.89. The number of carbonyl (C=O) groups is 1. The second kappa shape index (κ2) is 3.56. The fraction of sp³-hybridized carbons (Fsp3) is 0.900. The molecule has 2 N–H and O–H groups in total. The summed E-state index contributed by atoms with van der Waals surface area (Å²) >= 11 is 0. The standard InChI is InChI=1S/C10H19NO/c1-8(2)9(12)10(11)6-4-3-5-7-10/h8H,3-7,11H2,1-2H3. The van der Waals surface area contributed by atoms with Crippen LogP contribution in [0.3, 0.4) is 0 Å². The lowest BCUT2D eigenvalue weighted by Gasteiger charge is -2.33. The molecule has 2 heteroatoms. The van der Waals surface area contributed by atoms with Crippen LogP contribution in [-0.4, -0.2) is 11.3 Å². The molecule has 0 radical (unpaired) electrons. The average molecular weight is 169 g/mol. The van der Waals surface area contributed by atoms with Crippen LogP contribution in [-0.2, 0) is 4.79 Å². The van der Waals surface area contributed by atoms with Crippen LogP contribution < -0.4 is 5.73 Å². The predicted octanol–water partition coefficient (Wildman–Crippen LogP) is 1.87. The van der Waals surface area contributed by atoms with Crippen molar-refractivity contribution in [2.45, 2.75) is 51.5 Å². The Bertz CT molecular complexity index is 169. The largest absolute Gasteiger partial charge is 0.319 e. The quantitative estimate of drug-likeness (QED) is 0.685. The molecule has 0 aliphatic heterocycles. The number of hydrogen-bond donors (Lipinski definition) is 1. The van der Waals surface area contributed by atoms with Crippen molar-refractivity contribution in [2.75, 3.05) is 0 Å². The molecule has 0 aromatic rings. The van der Waals surface area contributed by atoms with Crippen LogP contribution in [0.2, 0.25) is 0 Å². The fourth-order valence-electron chi connectivity index (χ4n) is 2.00. The van der Waals surface area contributed by atoms with Crippen LogP contribution in [0.4, 0.5) is 0 Å². The Morgan fingerprint density at radius 3 is 2.17 bits per heavy atom. The third-order valence-corrected chi connectivity index (χ3v) is 2.76. The van der Waals surface area contributed by atoms with Crippen molar-refractivity contribution < 1.29 is 4.79 Å². The van der Waals surface area contributed by atoms with Gasteiger partial charge in [0.15, 0.2) is 5.78 Å². The number of nitrogens with two attached hydrogens (primary N) is 1. The molecule has 1 saturated carbocycles. The number of hydrogen-bond acceptors (Lipinski definition) is 2. The molecule has 0 atom stereocenters. The van der Waals surface area contributed by atoms with Gasteiger partial charge in [0, 0.05) is 5.92 Å². The zero-order chi connectivity index (χ0) is 9.19. The summed E-state index contributed by atoms with van der Waals surface area (Å²) in [5.41, 5.74) is 5.57. The van der Waals surface area contributed by atoms with E-state index in [2.05, 4.69) is 0 Å². The highest BCUT2D eigenvalue weighted by molar-refractivity contribution is 5.89. The van der Waals surface area contributed by atoms with Crippen molar-refractivity contribution in [1.29, 1.82) is 0 Å². The van der Waals surface area contributed by atoms with E-state index in [9.17, 15) is 4.79 Å². The van der Waals surface area contributed by atoms with Crippen molar-refractivity contribution in [3.8, 4) is 0 Å². The topological polar surface area (TPSA) is 43.1 Å². The molecule has 2 nitrogen and oxygen atoms in total. The molecule has 0 spiro atoms. The molecule has 0 saturated heterocycles. The second-order valence-corrected chi connectivity index (χ2v) is 4.24. The zero-order valence-corrected chi connectivity index (χ0v) is 8.10. The monoisotopic (exact) mass is 169 g/mol. The van der Waals surface area contributed by atoms with Gasteiger partial charge < -0.3 is 5.73 Å². The molecule has 1 aliphatic carbocycles. The molecule has 12 heavy (non-hydrogen) atoms. The van der Waals surface area contributed by atoms with Gasteiger partial charge in [-0.2, -0.15) is 0 Å². The van der Waals surface area contributed by atoms with Crippen LogP contribution in [0, 0.1) is 5.92 Å². The minimum atomic E-state index is -0.480. The number of carbonyl (C=O) groups excluding carboxylic acids is 1. The lowest BCUT2D eigenvalue weighted by Crippen LogP contribution is -2.51. The average Bonchev–Trinajstić information content (AvgIpc) is 2.04. The number of Topliss-reactive ketones (excluding diaryl/α,β-unsaturated/α-hetero) is 1. The zero-order valence-electron chi connectivity index (χ0n) is 8.10. The Morgan fingerprint density at radius 1 is 1.25 bits per heavy atom. The Balaban J connectivity index is 2.62. The summed E-state index contributed by atoms with van der Waals surface area (Å²) in [6, 6.07) is 0. The van der Waals surface area contributed by atoms with Gasteiger partial charge in [0.05, 0.1) is 5.54 Å². The Hall–Kier alpha value is -0.370. The highest BCUT2D eigenvalue weighted by Crippen LogP contribution is 2.28. The van der Waals surface area contributed by atoms with Crippen LogP contribution in [0.1, 0.15) is 46.0 Å². The normalized spacial score (nSPS) is 22.7. The molecule has 0 bridgehead atoms. The van der Waals surface area contributed by atoms with Gasteiger partial charge in [-0.05, 0) is 12.8 Å². The third kappa shape index (κ3) is 1.86. The summed E-state index contributed by atoms with van der Waals surface area (Å²) in [6.07, 6.45) is 5.27. The lowest BCUT2D eigenvalue weighted by atomic mass is 9.76. The maximum atomic E-state index is 11.7. The summed E-state index contributed by atoms with van der Waals surface area (Å²) in [5, 5.41) is 0. The third-order valence-electron chi connectivity index (χ3n) is 2.76. The maximum absolute atomic E-state index is 11.7. The van der Waals surface area contributed by atoms with E-state index in [-0.39, 0.29) is 11.7 Å². The summed E-state index contributed by atoms with van der Waals surface area (Å²) in [5.74, 6) is 0.343. The van der Waals surface area contributed by atoms with E-state index in [4.69, 9.17) is 5.73 Å². The van der Waals surface area contributed by atoms with Crippen LogP contribution in [0.25, 0.3) is 0 Å². The summed E-state index contributed by atoms with van der Waals surface area (Å²) in [7, 11) is 0. The summed E-state index contributed by atoms with van der Waals surface area (Å²) in [4.78, 5) is 11.7. The molecule has 1 aliphatic rings. The van der Waals surface area contributed by atoms with E-state index in [1.807, 2.05) is 13.8 Å². The molecule has 1 fully saturated rings. The second-order valence-electron chi connectivity index (χ2n) is 4.24. The maximum Gasteiger partial charge on any atom is 0.155 e. The minimum absolute atomic E-state index is 0.0908. The first-order chi connectivity index (χ1) is 5.56. The molecular formula is C10H19NO. The smallest absolute Gasteiger partial charge is 0.155 e. The van der Waals surface area contributed by atoms with Crippen molar-refractivity contribution in [3.05, 3.63) is 0 Å². The van der Waals surface area contributed by atoms with Gasteiger partial charge in [-0.3, -0.25) is 4.79 Å². The van der Waals surface area contributed by atoms with Crippen LogP contribution in [0.5, 0.6) is 0 Å². The molecule has 0 heterocycles. The van der Waals surface area contributed by atoms with Crippen molar-refractivity contribution >= 4 is 5.78 Å². The predicted molar refractivity (Wildman–Crippen MR) is 49.8 cm³/mol. The van der Waals surface area contributed by atoms with E-state index < -0.39 is 5.54 Å². The molecule has 70 valence electrons. The molecule has 0 amide bonds. The Morgan fingerprint density at radius 2 is 1.75 bits per heavy atom. The minimum Gasteiger partial charge on any atom is -0.319 e. The number of ketones is 1. The SMILES string of the molecule is CC(C)C(=O)C1(N)CCCCC1. The first kappa shape index (κ1) is 9.72. The highest BCUT2D eigenvalue weighted by atomic mass is 16.1. The van der Waals surface area contributed by atoms with E-state index in [1.54, 1.807) is 0 Å². The van der Waals surface area contributed by atoms with Gasteiger partial charge in [0.2, 0.25) is 0 Å². The lowest BCUT2D eigenvalue weighted by molar-refractivity contribution is -0.128. The van der Waals surface area contributed by atoms with Crippen molar-refractivity contribution in [1.82, 2.24) is 0 Å². The van der Waals surface area contributed by atoms with Gasteiger partial charge >= 0.3 is 0 Å². The molecule has 0 aromatic carbocycles. The molecule has 1 rings (SSSR count). The summed E-state index contributed by atoms with van der Waals surface area (Å²) in [6.45, 7) is 3.87. The van der Waals surface area contributed by atoms with Gasteiger partial charge in [-0.15, -0.1) is 0 Å². The van der Waals surface area contributed by atoms with E-state index in [1.165, 1.54) is 6.42 Å². The van der Waals surface area contributed by atoms with Gasteiger partial charge in [-0.1, -0.05) is 33.1 Å². The van der Waals surface area contributed by atoms with Gasteiger partial charge in [0.25, 0.3) is 0 Å². The van der Waals surface area contributed by atoms with Crippen molar-refractivity contribution in [2.24, 2.45) is 11.7 Å². The Labute approximate surface area is 74.5 Å². The van der Waals surface area contributed by atoms with E-state index in [0.29, 0.717) is 0 Å². The molecule has 0 aromatic heterocycles. The summed E-state index contributed by atoms with van der Waals surface area (Å²) < 4.78 is 0.